The van der Waals surface area contributed by atoms with Crippen LogP contribution in [0.5, 0.6) is 0 Å². The van der Waals surface area contributed by atoms with E-state index in [1.165, 1.54) is 13.1 Å². The molecule has 0 spiro atoms. The van der Waals surface area contributed by atoms with Crippen LogP contribution in [-0.2, 0) is 4.79 Å². The highest BCUT2D eigenvalue weighted by Gasteiger charge is 2.14. The van der Waals surface area contributed by atoms with Crippen molar-refractivity contribution >= 4 is 28.8 Å². The number of fused-ring (bicyclic) bond motifs is 1. The molecule has 1 amide bonds. The van der Waals surface area contributed by atoms with Gasteiger partial charge in [0.05, 0.1) is 6.21 Å². The van der Waals surface area contributed by atoms with Gasteiger partial charge in [-0.2, -0.15) is 5.10 Å². The summed E-state index contributed by atoms with van der Waals surface area (Å²) in [6.07, 6.45) is 3.31. The van der Waals surface area contributed by atoms with E-state index in [1.807, 2.05) is 29.2 Å². The van der Waals surface area contributed by atoms with Gasteiger partial charge in [0.25, 0.3) is 11.5 Å². The Labute approximate surface area is 140 Å². The Morgan fingerprint density at radius 2 is 2.12 bits per heavy atom. The molecule has 1 unspecified atom stereocenters. The molecule has 25 heavy (non-hydrogen) atoms. The number of hydrogen-bond donors (Lipinski definition) is 5. The molecule has 5 N–H and O–H groups in total. The lowest BCUT2D eigenvalue weighted by molar-refractivity contribution is -0.121. The van der Waals surface area contributed by atoms with Crippen LogP contribution in [0.1, 0.15) is 12.5 Å². The SMILES string of the molecule is CC(Nc1n[nH]c(=O)[nH]c1=O)C(=O)NN=Cc1c[nH]c2ccccc12. The number of benzene rings is 1. The zero-order chi connectivity index (χ0) is 17.8. The van der Waals surface area contributed by atoms with Crippen molar-refractivity contribution in [1.82, 2.24) is 25.6 Å². The minimum absolute atomic E-state index is 0.164. The van der Waals surface area contributed by atoms with Gasteiger partial charge in [-0.25, -0.2) is 15.3 Å². The molecule has 0 aliphatic carbocycles. The Hall–Kier alpha value is -3.69. The summed E-state index contributed by atoms with van der Waals surface area (Å²) in [5, 5.41) is 13.1. The molecule has 0 radical (unpaired) electrons. The third kappa shape index (κ3) is 3.63. The lowest BCUT2D eigenvalue weighted by Crippen LogP contribution is -2.38. The predicted molar refractivity (Wildman–Crippen MR) is 92.6 cm³/mol. The van der Waals surface area contributed by atoms with Crippen molar-refractivity contribution in [1.29, 1.82) is 0 Å². The number of nitrogens with zero attached hydrogens (tertiary/aromatic N) is 2. The first-order valence-corrected chi connectivity index (χ1v) is 7.39. The maximum atomic E-state index is 12.0. The fraction of sp³-hybridized carbons (Fsp3) is 0.133. The van der Waals surface area contributed by atoms with Crippen molar-refractivity contribution in [2.75, 3.05) is 5.32 Å². The first kappa shape index (κ1) is 16.2. The van der Waals surface area contributed by atoms with E-state index in [0.717, 1.165) is 16.5 Å². The van der Waals surface area contributed by atoms with Crippen LogP contribution in [0.15, 0.2) is 45.2 Å². The van der Waals surface area contributed by atoms with Crippen LogP contribution in [0.2, 0.25) is 0 Å². The van der Waals surface area contributed by atoms with Gasteiger partial charge in [-0.1, -0.05) is 18.2 Å². The lowest BCUT2D eigenvalue weighted by Gasteiger charge is -2.11. The maximum Gasteiger partial charge on any atom is 0.342 e. The number of nitrogens with one attached hydrogen (secondary N) is 5. The molecular weight excluding hydrogens is 326 g/mol. The topological polar surface area (TPSA) is 148 Å². The van der Waals surface area contributed by atoms with Crippen LogP contribution in [0, 0.1) is 0 Å². The van der Waals surface area contributed by atoms with E-state index < -0.39 is 23.2 Å². The second-order valence-electron chi connectivity index (χ2n) is 5.25. The van der Waals surface area contributed by atoms with E-state index in [1.54, 1.807) is 6.20 Å². The number of rotatable bonds is 5. The second kappa shape index (κ2) is 6.83. The third-order valence-electron chi connectivity index (χ3n) is 3.46. The summed E-state index contributed by atoms with van der Waals surface area (Å²) in [7, 11) is 0. The number of H-pyrrole nitrogens is 3. The van der Waals surface area contributed by atoms with E-state index in [4.69, 9.17) is 0 Å². The van der Waals surface area contributed by atoms with Crippen LogP contribution in [-0.4, -0.2) is 38.3 Å². The maximum absolute atomic E-state index is 12.0. The summed E-state index contributed by atoms with van der Waals surface area (Å²) in [5.41, 5.74) is 2.73. The molecular formula is C15H15N7O3. The number of hydrazone groups is 1. The van der Waals surface area contributed by atoms with E-state index >= 15 is 0 Å². The highest BCUT2D eigenvalue weighted by Crippen LogP contribution is 2.15. The largest absolute Gasteiger partial charge is 0.361 e. The Bertz CT molecular complexity index is 1050. The monoisotopic (exact) mass is 341 g/mol. The average molecular weight is 341 g/mol. The van der Waals surface area contributed by atoms with Gasteiger partial charge in [0.2, 0.25) is 5.82 Å². The van der Waals surface area contributed by atoms with E-state index in [2.05, 4.69) is 31.0 Å². The van der Waals surface area contributed by atoms with Crippen molar-refractivity contribution < 1.29 is 4.79 Å². The van der Waals surface area contributed by atoms with Crippen LogP contribution >= 0.6 is 0 Å². The highest BCUT2D eigenvalue weighted by atomic mass is 16.2. The molecule has 128 valence electrons. The molecule has 10 heteroatoms. The minimum Gasteiger partial charge on any atom is -0.361 e. The summed E-state index contributed by atoms with van der Waals surface area (Å²) in [6, 6.07) is 6.91. The van der Waals surface area contributed by atoms with Gasteiger partial charge >= 0.3 is 5.69 Å². The molecule has 3 aromatic rings. The fourth-order valence-corrected chi connectivity index (χ4v) is 2.18. The predicted octanol–water partition coefficient (Wildman–Crippen LogP) is -0.110. The smallest absolute Gasteiger partial charge is 0.342 e. The van der Waals surface area contributed by atoms with Crippen LogP contribution < -0.4 is 22.0 Å². The summed E-state index contributed by atoms with van der Waals surface area (Å²) >= 11 is 0. The van der Waals surface area contributed by atoms with Crippen LogP contribution in [0.25, 0.3) is 10.9 Å². The zero-order valence-electron chi connectivity index (χ0n) is 13.2. The molecule has 2 heterocycles. The second-order valence-corrected chi connectivity index (χ2v) is 5.25. The van der Waals surface area contributed by atoms with Gasteiger partial charge in [-0.3, -0.25) is 14.6 Å². The molecule has 1 atom stereocenters. The number of hydrogen-bond acceptors (Lipinski definition) is 6. The number of aromatic nitrogens is 4. The molecule has 0 saturated carbocycles. The number of amides is 1. The summed E-state index contributed by atoms with van der Waals surface area (Å²) in [4.78, 5) is 39.6. The number of aromatic amines is 3. The Morgan fingerprint density at radius 3 is 2.92 bits per heavy atom. The number of carbonyl (C=O) groups excluding carboxylic acids is 1. The van der Waals surface area contributed by atoms with E-state index in [0.29, 0.717) is 0 Å². The van der Waals surface area contributed by atoms with Crippen molar-refractivity contribution in [2.24, 2.45) is 5.10 Å². The van der Waals surface area contributed by atoms with Crippen molar-refractivity contribution in [3.8, 4) is 0 Å². The average Bonchev–Trinajstić information content (AvgIpc) is 3.00. The summed E-state index contributed by atoms with van der Waals surface area (Å²) in [6.45, 7) is 1.53. The fourth-order valence-electron chi connectivity index (χ4n) is 2.18. The Morgan fingerprint density at radius 1 is 1.32 bits per heavy atom. The van der Waals surface area contributed by atoms with Gasteiger partial charge in [0.1, 0.15) is 6.04 Å². The summed E-state index contributed by atoms with van der Waals surface area (Å²) in [5.74, 6) is -0.633. The van der Waals surface area contributed by atoms with Crippen LogP contribution in [0.3, 0.4) is 0 Å². The Kier molecular flexibility index (Phi) is 4.42. The van der Waals surface area contributed by atoms with Gasteiger partial charge in [-0.05, 0) is 13.0 Å². The molecule has 3 rings (SSSR count). The van der Waals surface area contributed by atoms with Gasteiger partial charge in [-0.15, -0.1) is 5.10 Å². The van der Waals surface area contributed by atoms with Crippen molar-refractivity contribution in [2.45, 2.75) is 13.0 Å². The molecule has 0 aliphatic heterocycles. The first-order valence-electron chi connectivity index (χ1n) is 7.39. The normalized spacial score (nSPS) is 12.4. The van der Waals surface area contributed by atoms with Gasteiger partial charge < -0.3 is 10.3 Å². The molecule has 0 aliphatic rings. The third-order valence-corrected chi connectivity index (χ3v) is 3.46. The van der Waals surface area contributed by atoms with Gasteiger partial charge in [0.15, 0.2) is 0 Å². The molecule has 0 fully saturated rings. The van der Waals surface area contributed by atoms with Crippen molar-refractivity contribution in [3.63, 3.8) is 0 Å². The summed E-state index contributed by atoms with van der Waals surface area (Å²) < 4.78 is 0. The molecule has 1 aromatic carbocycles. The number of anilines is 1. The van der Waals surface area contributed by atoms with E-state index in [9.17, 15) is 14.4 Å². The Balaban J connectivity index is 1.63. The minimum atomic E-state index is -0.792. The van der Waals surface area contributed by atoms with Crippen LogP contribution in [0.4, 0.5) is 5.82 Å². The molecule has 0 saturated heterocycles. The number of para-hydroxylation sites is 1. The quantitative estimate of drug-likeness (QED) is 0.324. The standard InChI is InChI=1S/C15H15N7O3/c1-8(18-12-14(24)19-15(25)22-20-12)13(23)21-17-7-9-6-16-11-5-3-2-4-10(9)11/h2-8,16H,1H3,(H,18,20)(H,21,23)(H2,19,22,24,25). The van der Waals surface area contributed by atoms with Gasteiger partial charge in [0, 0.05) is 22.7 Å². The zero-order valence-corrected chi connectivity index (χ0v) is 13.2. The number of carbonyl (C=O) groups is 1. The van der Waals surface area contributed by atoms with Crippen molar-refractivity contribution in [3.05, 3.63) is 56.9 Å². The molecule has 0 bridgehead atoms. The molecule has 10 nitrogen and oxygen atoms in total. The highest BCUT2D eigenvalue weighted by molar-refractivity contribution is 5.99. The molecule has 2 aromatic heterocycles. The van der Waals surface area contributed by atoms with E-state index in [-0.39, 0.29) is 5.82 Å². The first-order chi connectivity index (χ1) is 12.0. The lowest BCUT2D eigenvalue weighted by atomic mass is 10.2.